The van der Waals surface area contributed by atoms with Gasteiger partial charge in [-0.05, 0) is 46.5 Å². The van der Waals surface area contributed by atoms with Crippen LogP contribution < -0.4 is 10.2 Å². The Balaban J connectivity index is 1.64. The van der Waals surface area contributed by atoms with Crippen LogP contribution in [0.2, 0.25) is 0 Å². The summed E-state index contributed by atoms with van der Waals surface area (Å²) in [5, 5.41) is 29.5. The van der Waals surface area contributed by atoms with Crippen molar-refractivity contribution in [3.8, 4) is 0 Å². The number of aliphatic imine (C=N–C) groups is 1. The Morgan fingerprint density at radius 2 is 1.98 bits per heavy atom. The number of nitrogens with zero attached hydrogens (tertiary/aromatic N) is 4. The molecule has 0 saturated carbocycles. The maximum absolute atomic E-state index is 13.1. The Morgan fingerprint density at radius 1 is 1.26 bits per heavy atom. The molecule has 0 spiro atoms. The second-order valence-electron chi connectivity index (χ2n) is 13.2. The van der Waals surface area contributed by atoms with Crippen molar-refractivity contribution in [2.24, 2.45) is 22.7 Å². The fourth-order valence-electron chi connectivity index (χ4n) is 6.59. The summed E-state index contributed by atoms with van der Waals surface area (Å²) in [5.74, 6) is -1.50. The van der Waals surface area contributed by atoms with Crippen LogP contribution in [0.15, 0.2) is 10.4 Å². The number of anilines is 1. The summed E-state index contributed by atoms with van der Waals surface area (Å²) in [6, 6.07) is 0.608. The van der Waals surface area contributed by atoms with Crippen LogP contribution in [0.1, 0.15) is 67.0 Å². The zero-order valence-electron chi connectivity index (χ0n) is 26.6. The number of ether oxygens (including phenoxy) is 3. The molecule has 1 aromatic rings. The van der Waals surface area contributed by atoms with Crippen LogP contribution in [0.4, 0.5) is 5.13 Å². The van der Waals surface area contributed by atoms with Crippen molar-refractivity contribution in [2.45, 2.75) is 116 Å². The molecular weight excluding hydrogens is 558 g/mol. The summed E-state index contributed by atoms with van der Waals surface area (Å²) < 4.78 is 19.3. The number of fused-ring (bicyclic) bond motifs is 3. The summed E-state index contributed by atoms with van der Waals surface area (Å²) in [7, 11) is 3.97. The van der Waals surface area contributed by atoms with Gasteiger partial charge in [-0.3, -0.25) is 4.79 Å². The van der Waals surface area contributed by atoms with Crippen LogP contribution in [0.3, 0.4) is 0 Å². The highest BCUT2D eigenvalue weighted by molar-refractivity contribution is 7.13. The Labute approximate surface area is 254 Å². The molecule has 4 heterocycles. The van der Waals surface area contributed by atoms with Gasteiger partial charge in [0.05, 0.1) is 41.6 Å². The highest BCUT2D eigenvalue weighted by Gasteiger charge is 2.52. The lowest BCUT2D eigenvalue weighted by Crippen LogP contribution is -2.57. The van der Waals surface area contributed by atoms with Crippen molar-refractivity contribution in [1.29, 1.82) is 0 Å². The topological polar surface area (TPSA) is 129 Å². The van der Waals surface area contributed by atoms with Gasteiger partial charge in [-0.15, -0.1) is 11.3 Å². The maximum atomic E-state index is 13.1. The maximum Gasteiger partial charge on any atom is 0.288 e. The number of carbonyl (C=O) groups is 1. The first-order chi connectivity index (χ1) is 19.7. The zero-order chi connectivity index (χ0) is 30.9. The van der Waals surface area contributed by atoms with E-state index >= 15 is 0 Å². The van der Waals surface area contributed by atoms with E-state index < -0.39 is 42.0 Å². The predicted molar refractivity (Wildman–Crippen MR) is 164 cm³/mol. The van der Waals surface area contributed by atoms with Crippen LogP contribution in [0.25, 0.3) is 0 Å². The molecule has 3 aliphatic rings. The summed E-state index contributed by atoms with van der Waals surface area (Å²) in [6.07, 6.45) is -1.53. The van der Waals surface area contributed by atoms with Gasteiger partial charge in [0.25, 0.3) is 6.02 Å². The number of aliphatic hydroxyl groups excluding tert-OH is 1. The van der Waals surface area contributed by atoms with Crippen LogP contribution in [-0.4, -0.2) is 108 Å². The van der Waals surface area contributed by atoms with Gasteiger partial charge in [-0.1, -0.05) is 20.8 Å². The molecule has 1 aromatic heterocycles. The number of thiazole rings is 1. The molecule has 2 fully saturated rings. The lowest BCUT2D eigenvalue weighted by Gasteiger charge is -2.45. The van der Waals surface area contributed by atoms with E-state index in [2.05, 4.69) is 22.1 Å². The minimum absolute atomic E-state index is 0.00640. The van der Waals surface area contributed by atoms with E-state index in [4.69, 9.17) is 19.2 Å². The fraction of sp³-hybridized carbons (Fsp3) is 0.833. The summed E-state index contributed by atoms with van der Waals surface area (Å²) in [4.78, 5) is 26.6. The average Bonchev–Trinajstić information content (AvgIpc) is 3.49. The molecule has 10 atom stereocenters. The van der Waals surface area contributed by atoms with Gasteiger partial charge in [0.15, 0.2) is 17.5 Å². The molecule has 12 heteroatoms. The Bertz CT molecular complexity index is 1100. The molecular formula is C30H51N5O6S. The first-order valence-electron chi connectivity index (χ1n) is 15.3. The molecule has 3 N–H and O–H groups in total. The zero-order valence-corrected chi connectivity index (χ0v) is 27.4. The van der Waals surface area contributed by atoms with E-state index in [1.54, 1.807) is 25.2 Å². The number of hydrogen-bond acceptors (Lipinski definition) is 10. The van der Waals surface area contributed by atoms with Crippen molar-refractivity contribution in [2.75, 3.05) is 32.1 Å². The molecule has 2 bridgehead atoms. The van der Waals surface area contributed by atoms with Gasteiger partial charge in [0, 0.05) is 50.9 Å². The first kappa shape index (κ1) is 32.9. The largest absolute Gasteiger partial charge is 0.454 e. The van der Waals surface area contributed by atoms with Crippen LogP contribution in [-0.2, 0) is 25.4 Å². The number of nitrogens with one attached hydrogen (secondary N) is 1. The van der Waals surface area contributed by atoms with E-state index in [-0.39, 0.29) is 30.0 Å². The van der Waals surface area contributed by atoms with E-state index in [9.17, 15) is 15.0 Å². The van der Waals surface area contributed by atoms with Gasteiger partial charge in [-0.2, -0.15) is 0 Å². The molecule has 2 saturated heterocycles. The minimum atomic E-state index is -1.36. The van der Waals surface area contributed by atoms with Crippen molar-refractivity contribution < 1.29 is 29.2 Å². The quantitative estimate of drug-likeness (QED) is 0.474. The number of amides is 1. The Hall–Kier alpha value is -1.99. The minimum Gasteiger partial charge on any atom is -0.454 e. The summed E-state index contributed by atoms with van der Waals surface area (Å²) in [6.45, 7) is 14.5. The molecule has 11 nitrogen and oxygen atoms in total. The second-order valence-corrected chi connectivity index (χ2v) is 14.1. The number of rotatable bonds is 3. The standard InChI is InChI=1S/C30H51N5O6S/c1-16(2)32-28-35(9)22-12-18(4)39-27(24(22)40-28)41-25-19(5)23(36)20(6)26(37)31-11-10-21-15-42-29(33-21)34(8)14-17(3)13-30(25,7)38/h15-20,22-25,27,36,38H,10-14H2,1-9H3,(H,31,37)/t17-,18-,19+,20-,22+,23+,24-,25-,27+,30-/m1/s1. The normalized spacial score (nSPS) is 39.8. The van der Waals surface area contributed by atoms with E-state index in [1.165, 1.54) is 0 Å². The van der Waals surface area contributed by atoms with Crippen molar-refractivity contribution in [3.63, 3.8) is 0 Å². The third-order valence-corrected chi connectivity index (χ3v) is 9.73. The van der Waals surface area contributed by atoms with Gasteiger partial charge >= 0.3 is 0 Å². The molecule has 0 aromatic carbocycles. The SMILES string of the molecule is CC(C)N=C1O[C@H]2[C@H](O[C@@H]3[C@@H](C)[C@H](O)[C@@H](C)C(=O)NCCc4csc(n4)N(C)C[C@H](C)C[C@@]3(C)O)O[C@H](C)C[C@@H]2N1C. The molecule has 238 valence electrons. The number of aliphatic hydroxyl groups is 2. The van der Waals surface area contributed by atoms with Gasteiger partial charge in [-0.25, -0.2) is 9.98 Å². The fourth-order valence-corrected chi connectivity index (χ4v) is 7.43. The smallest absolute Gasteiger partial charge is 0.288 e. The lowest BCUT2D eigenvalue weighted by molar-refractivity contribution is -0.288. The van der Waals surface area contributed by atoms with Gasteiger partial charge in [0.2, 0.25) is 5.91 Å². The first-order valence-corrected chi connectivity index (χ1v) is 16.2. The molecule has 3 aliphatic heterocycles. The van der Waals surface area contributed by atoms with Crippen LogP contribution in [0, 0.1) is 17.8 Å². The number of hydrogen-bond donors (Lipinski definition) is 3. The number of aromatic nitrogens is 1. The third-order valence-electron chi connectivity index (χ3n) is 8.73. The molecule has 0 unspecified atom stereocenters. The Morgan fingerprint density at radius 3 is 2.67 bits per heavy atom. The number of likely N-dealkylation sites (N-methyl/N-ethyl adjacent to an activating group) is 1. The number of carbonyl (C=O) groups excluding carboxylic acids is 1. The molecule has 42 heavy (non-hydrogen) atoms. The predicted octanol–water partition coefficient (Wildman–Crippen LogP) is 2.65. The molecule has 0 aliphatic carbocycles. The average molecular weight is 610 g/mol. The molecule has 0 radical (unpaired) electrons. The Kier molecular flexibility index (Phi) is 10.5. The van der Waals surface area contributed by atoms with E-state index in [0.29, 0.717) is 32.0 Å². The third kappa shape index (κ3) is 7.38. The summed E-state index contributed by atoms with van der Waals surface area (Å²) >= 11 is 1.57. The highest BCUT2D eigenvalue weighted by atomic mass is 32.1. The van der Waals surface area contributed by atoms with E-state index in [1.807, 2.05) is 52.1 Å². The summed E-state index contributed by atoms with van der Waals surface area (Å²) in [5.41, 5.74) is -0.439. The van der Waals surface area contributed by atoms with Gasteiger partial charge < -0.3 is 39.5 Å². The molecule has 4 rings (SSSR count). The highest BCUT2D eigenvalue weighted by Crippen LogP contribution is 2.38. The second kappa shape index (κ2) is 13.3. The van der Waals surface area contributed by atoms with Crippen molar-refractivity contribution in [1.82, 2.24) is 15.2 Å². The van der Waals surface area contributed by atoms with Crippen molar-refractivity contribution in [3.05, 3.63) is 11.1 Å². The van der Waals surface area contributed by atoms with Crippen molar-refractivity contribution >= 4 is 28.4 Å². The lowest BCUT2D eigenvalue weighted by atomic mass is 9.78. The van der Waals surface area contributed by atoms with Crippen LogP contribution >= 0.6 is 11.3 Å². The van der Waals surface area contributed by atoms with Gasteiger partial charge in [0.1, 0.15) is 0 Å². The molecule has 1 amide bonds. The number of amidine groups is 1. The monoisotopic (exact) mass is 609 g/mol. The van der Waals surface area contributed by atoms with E-state index in [0.717, 1.165) is 17.2 Å². The van der Waals surface area contributed by atoms with Crippen LogP contribution in [0.5, 0.6) is 0 Å².